The molecule has 1 aromatic rings. The van der Waals surface area contributed by atoms with Crippen LogP contribution in [-0.2, 0) is 6.54 Å². The molecule has 0 aliphatic heterocycles. The Balaban J connectivity index is 2.59. The molecule has 0 aromatic heterocycles. The Morgan fingerprint density at radius 2 is 1.70 bits per heavy atom. The Hall–Kier alpha value is -0.820. The summed E-state index contributed by atoms with van der Waals surface area (Å²) in [6, 6.07) is 9.83. The molecule has 0 aliphatic rings. The SMILES string of the molecule is [CH]N([CH])Cc1ccccc1. The van der Waals surface area contributed by atoms with Gasteiger partial charge in [0, 0.05) is 20.6 Å². The maximum Gasteiger partial charge on any atom is 0.0447 e. The van der Waals surface area contributed by atoms with Crippen LogP contribution in [-0.4, -0.2) is 4.90 Å². The van der Waals surface area contributed by atoms with Crippen molar-refractivity contribution >= 4 is 0 Å². The van der Waals surface area contributed by atoms with E-state index in [2.05, 4.69) is 0 Å². The Kier molecular flexibility index (Phi) is 2.46. The summed E-state index contributed by atoms with van der Waals surface area (Å²) in [6.45, 7) is 0.584. The lowest BCUT2D eigenvalue weighted by Gasteiger charge is -2.06. The highest BCUT2D eigenvalue weighted by atomic mass is 15.0. The first-order valence-corrected chi connectivity index (χ1v) is 3.10. The van der Waals surface area contributed by atoms with Crippen LogP contribution in [0.25, 0.3) is 0 Å². The summed E-state index contributed by atoms with van der Waals surface area (Å²) in [5, 5.41) is 0. The van der Waals surface area contributed by atoms with Gasteiger partial charge in [0.25, 0.3) is 0 Å². The van der Waals surface area contributed by atoms with Gasteiger partial charge in [-0.15, -0.1) is 0 Å². The van der Waals surface area contributed by atoms with Gasteiger partial charge in [-0.2, -0.15) is 0 Å². The van der Waals surface area contributed by atoms with E-state index >= 15 is 0 Å². The summed E-state index contributed by atoms with van der Waals surface area (Å²) in [5.74, 6) is 0. The molecule has 1 aromatic carbocycles. The molecule has 0 N–H and O–H groups in total. The minimum atomic E-state index is 0.584. The van der Waals surface area contributed by atoms with Crippen LogP contribution < -0.4 is 0 Å². The molecule has 50 valence electrons. The highest BCUT2D eigenvalue weighted by Crippen LogP contribution is 2.00. The van der Waals surface area contributed by atoms with E-state index in [1.165, 1.54) is 0 Å². The third-order valence-corrected chi connectivity index (χ3v) is 1.21. The van der Waals surface area contributed by atoms with Crippen molar-refractivity contribution in [3.05, 3.63) is 50.0 Å². The van der Waals surface area contributed by atoms with Crippen LogP contribution in [0.5, 0.6) is 0 Å². The van der Waals surface area contributed by atoms with Crippen LogP contribution in [0.1, 0.15) is 5.56 Å². The lowest BCUT2D eigenvalue weighted by atomic mass is 10.2. The largest absolute Gasteiger partial charge is 0.287 e. The predicted molar refractivity (Wildman–Crippen MR) is 40.6 cm³/mol. The van der Waals surface area contributed by atoms with Gasteiger partial charge in [-0.3, -0.25) is 4.90 Å². The van der Waals surface area contributed by atoms with Crippen LogP contribution in [0.15, 0.2) is 30.3 Å². The van der Waals surface area contributed by atoms with Gasteiger partial charge < -0.3 is 0 Å². The van der Waals surface area contributed by atoms with Crippen LogP contribution >= 0.6 is 0 Å². The molecule has 0 spiro atoms. The second-order valence-electron chi connectivity index (χ2n) is 2.16. The maximum absolute atomic E-state index is 5.24. The van der Waals surface area contributed by atoms with Gasteiger partial charge in [0.05, 0.1) is 0 Å². The van der Waals surface area contributed by atoms with Gasteiger partial charge in [-0.1, -0.05) is 30.3 Å². The lowest BCUT2D eigenvalue weighted by molar-refractivity contribution is 0.489. The molecule has 1 nitrogen and oxygen atoms in total. The zero-order chi connectivity index (χ0) is 7.40. The molecule has 0 atom stereocenters. The van der Waals surface area contributed by atoms with E-state index in [0.29, 0.717) is 6.54 Å². The summed E-state index contributed by atoms with van der Waals surface area (Å²) in [5.41, 5.74) is 1.12. The standard InChI is InChI=1S/C9H9N/c1-10(2)8-9-6-4-3-5-7-9/h1-7H,8H2. The van der Waals surface area contributed by atoms with E-state index in [-0.39, 0.29) is 0 Å². The van der Waals surface area contributed by atoms with E-state index < -0.39 is 0 Å². The van der Waals surface area contributed by atoms with Gasteiger partial charge in [0.1, 0.15) is 0 Å². The Bertz CT molecular complexity index is 179. The minimum Gasteiger partial charge on any atom is -0.287 e. The molecule has 0 heterocycles. The Labute approximate surface area is 62.3 Å². The van der Waals surface area contributed by atoms with E-state index in [0.717, 1.165) is 10.5 Å². The van der Waals surface area contributed by atoms with Crippen LogP contribution in [0, 0.1) is 14.1 Å². The zero-order valence-electron chi connectivity index (χ0n) is 5.70. The second kappa shape index (κ2) is 3.37. The average Bonchev–Trinajstić information content (AvgIpc) is 1.88. The molecule has 0 amide bonds. The van der Waals surface area contributed by atoms with Crippen molar-refractivity contribution in [2.75, 3.05) is 0 Å². The number of benzene rings is 1. The monoisotopic (exact) mass is 131 g/mol. The van der Waals surface area contributed by atoms with Crippen molar-refractivity contribution in [2.24, 2.45) is 0 Å². The highest BCUT2D eigenvalue weighted by molar-refractivity contribution is 5.14. The lowest BCUT2D eigenvalue weighted by Crippen LogP contribution is -2.04. The molecule has 1 heteroatoms. The molecular weight excluding hydrogens is 122 g/mol. The van der Waals surface area contributed by atoms with E-state index in [1.54, 1.807) is 0 Å². The highest BCUT2D eigenvalue weighted by Gasteiger charge is 1.91. The van der Waals surface area contributed by atoms with E-state index in [9.17, 15) is 0 Å². The number of hydrogen-bond acceptors (Lipinski definition) is 1. The Morgan fingerprint density at radius 1 is 1.10 bits per heavy atom. The van der Waals surface area contributed by atoms with Gasteiger partial charge in [0.2, 0.25) is 0 Å². The molecule has 0 saturated carbocycles. The average molecular weight is 131 g/mol. The van der Waals surface area contributed by atoms with Crippen molar-refractivity contribution in [1.82, 2.24) is 4.90 Å². The molecule has 0 unspecified atom stereocenters. The van der Waals surface area contributed by atoms with Crippen molar-refractivity contribution < 1.29 is 0 Å². The number of rotatable bonds is 2. The normalized spacial score (nSPS) is 10.3. The second-order valence-corrected chi connectivity index (χ2v) is 2.16. The molecule has 0 aliphatic carbocycles. The first kappa shape index (κ1) is 7.29. The zero-order valence-corrected chi connectivity index (χ0v) is 5.70. The molecule has 4 radical (unpaired) electrons. The molecule has 1 rings (SSSR count). The fourth-order valence-electron chi connectivity index (χ4n) is 0.794. The quantitative estimate of drug-likeness (QED) is 0.553. The molecule has 0 bridgehead atoms. The predicted octanol–water partition coefficient (Wildman–Crippen LogP) is 1.83. The topological polar surface area (TPSA) is 3.24 Å². The van der Waals surface area contributed by atoms with Crippen molar-refractivity contribution in [3.8, 4) is 0 Å². The third kappa shape index (κ3) is 2.19. The molecule has 10 heavy (non-hydrogen) atoms. The fourth-order valence-corrected chi connectivity index (χ4v) is 0.794. The van der Waals surface area contributed by atoms with Crippen molar-refractivity contribution in [3.63, 3.8) is 0 Å². The summed E-state index contributed by atoms with van der Waals surface area (Å²) in [7, 11) is 10.5. The first-order chi connectivity index (χ1) is 4.79. The van der Waals surface area contributed by atoms with Gasteiger partial charge in [0.15, 0.2) is 0 Å². The fraction of sp³-hybridized carbons (Fsp3) is 0.111. The maximum atomic E-state index is 5.24. The van der Waals surface area contributed by atoms with Crippen molar-refractivity contribution in [1.29, 1.82) is 0 Å². The summed E-state index contributed by atoms with van der Waals surface area (Å²) < 4.78 is 0. The molecule has 0 saturated heterocycles. The van der Waals surface area contributed by atoms with Crippen LogP contribution in [0.4, 0.5) is 0 Å². The third-order valence-electron chi connectivity index (χ3n) is 1.21. The van der Waals surface area contributed by atoms with E-state index in [4.69, 9.17) is 14.1 Å². The minimum absolute atomic E-state index is 0.584. The smallest absolute Gasteiger partial charge is 0.0447 e. The van der Waals surface area contributed by atoms with Crippen LogP contribution in [0.3, 0.4) is 0 Å². The number of nitrogens with zero attached hydrogens (tertiary/aromatic N) is 1. The summed E-state index contributed by atoms with van der Waals surface area (Å²) in [4.78, 5) is 1.16. The Morgan fingerprint density at radius 3 is 2.20 bits per heavy atom. The molecule has 0 fully saturated rings. The number of hydrogen-bond donors (Lipinski definition) is 0. The summed E-state index contributed by atoms with van der Waals surface area (Å²) in [6.07, 6.45) is 0. The molecular formula is C9H9N. The van der Waals surface area contributed by atoms with Gasteiger partial charge in [-0.25, -0.2) is 0 Å². The summed E-state index contributed by atoms with van der Waals surface area (Å²) >= 11 is 0. The van der Waals surface area contributed by atoms with E-state index in [1.807, 2.05) is 30.3 Å². The van der Waals surface area contributed by atoms with Gasteiger partial charge in [-0.05, 0) is 5.56 Å². The van der Waals surface area contributed by atoms with Gasteiger partial charge >= 0.3 is 0 Å². The van der Waals surface area contributed by atoms with Crippen LogP contribution in [0.2, 0.25) is 0 Å². The first-order valence-electron chi connectivity index (χ1n) is 3.10. The van der Waals surface area contributed by atoms with Crippen molar-refractivity contribution in [2.45, 2.75) is 6.54 Å².